The molecular formula is C19H23N5O. The van der Waals surface area contributed by atoms with E-state index >= 15 is 0 Å². The number of hydrogen-bond donors (Lipinski definition) is 1. The molecule has 1 aromatic carbocycles. The Morgan fingerprint density at radius 2 is 2.08 bits per heavy atom. The van der Waals surface area contributed by atoms with Gasteiger partial charge in [0.15, 0.2) is 0 Å². The van der Waals surface area contributed by atoms with Crippen LogP contribution in [0.5, 0.6) is 0 Å². The number of fused-ring (bicyclic) bond motifs is 1. The van der Waals surface area contributed by atoms with E-state index in [1.54, 1.807) is 0 Å². The summed E-state index contributed by atoms with van der Waals surface area (Å²) in [5, 5.41) is 3.12. The van der Waals surface area contributed by atoms with E-state index in [0.29, 0.717) is 13.0 Å². The molecule has 1 saturated carbocycles. The van der Waals surface area contributed by atoms with Gasteiger partial charge in [0.2, 0.25) is 5.91 Å². The molecule has 6 nitrogen and oxygen atoms in total. The largest absolute Gasteiger partial charge is 0.355 e. The van der Waals surface area contributed by atoms with Crippen LogP contribution in [0.15, 0.2) is 43.0 Å². The first kappa shape index (κ1) is 15.9. The third-order valence-corrected chi connectivity index (χ3v) is 5.15. The molecule has 1 fully saturated rings. The first-order chi connectivity index (χ1) is 12.2. The Bertz CT molecular complexity index is 890. The molecule has 0 aliphatic heterocycles. The van der Waals surface area contributed by atoms with Crippen LogP contribution in [0.3, 0.4) is 0 Å². The van der Waals surface area contributed by atoms with E-state index in [9.17, 15) is 4.79 Å². The standard InChI is InChI=1S/C19H23N5O/c1-15-20-9-11-23(15)13-19(7-8-19)12-21-18(25)6-10-24-14-22-16-4-2-3-5-17(16)24/h2-5,9,11,14H,6-8,10,12-13H2,1H3,(H,21,25). The molecule has 0 bridgehead atoms. The minimum Gasteiger partial charge on any atom is -0.355 e. The van der Waals surface area contributed by atoms with Gasteiger partial charge in [0.05, 0.1) is 17.4 Å². The van der Waals surface area contributed by atoms with Crippen LogP contribution in [0, 0.1) is 12.3 Å². The zero-order chi connectivity index (χ0) is 17.3. The Kier molecular flexibility index (Phi) is 4.03. The number of rotatable bonds is 7. The third-order valence-electron chi connectivity index (χ3n) is 5.15. The second-order valence-corrected chi connectivity index (χ2v) is 7.06. The highest BCUT2D eigenvalue weighted by molar-refractivity contribution is 5.77. The Balaban J connectivity index is 1.29. The van der Waals surface area contributed by atoms with Gasteiger partial charge in [-0.1, -0.05) is 12.1 Å². The molecule has 1 amide bonds. The molecule has 2 heterocycles. The zero-order valence-corrected chi connectivity index (χ0v) is 14.5. The van der Waals surface area contributed by atoms with Gasteiger partial charge >= 0.3 is 0 Å². The number of hydrogen-bond acceptors (Lipinski definition) is 3. The minimum absolute atomic E-state index is 0.103. The molecule has 4 rings (SSSR count). The number of aromatic nitrogens is 4. The first-order valence-electron chi connectivity index (χ1n) is 8.80. The number of nitrogens with zero attached hydrogens (tertiary/aromatic N) is 4. The van der Waals surface area contributed by atoms with Crippen LogP contribution in [0.4, 0.5) is 0 Å². The van der Waals surface area contributed by atoms with Crippen molar-refractivity contribution in [3.8, 4) is 0 Å². The smallest absolute Gasteiger partial charge is 0.221 e. The van der Waals surface area contributed by atoms with Crippen LogP contribution in [-0.2, 0) is 17.9 Å². The Morgan fingerprint density at radius 3 is 2.84 bits per heavy atom. The fourth-order valence-electron chi connectivity index (χ4n) is 3.28. The maximum absolute atomic E-state index is 12.3. The fraction of sp³-hybridized carbons (Fsp3) is 0.421. The van der Waals surface area contributed by atoms with Crippen LogP contribution in [0.1, 0.15) is 25.1 Å². The summed E-state index contributed by atoms with van der Waals surface area (Å²) in [5.41, 5.74) is 2.25. The maximum atomic E-state index is 12.3. The van der Waals surface area contributed by atoms with Crippen molar-refractivity contribution < 1.29 is 4.79 Å². The van der Waals surface area contributed by atoms with Crippen LogP contribution in [-0.4, -0.2) is 31.6 Å². The van der Waals surface area contributed by atoms with Crippen molar-refractivity contribution in [2.45, 2.75) is 39.3 Å². The van der Waals surface area contributed by atoms with Crippen molar-refractivity contribution >= 4 is 16.9 Å². The quantitative estimate of drug-likeness (QED) is 0.720. The van der Waals surface area contributed by atoms with Crippen LogP contribution < -0.4 is 5.32 Å². The van der Waals surface area contributed by atoms with Gasteiger partial charge in [0.1, 0.15) is 5.82 Å². The summed E-state index contributed by atoms with van der Waals surface area (Å²) >= 11 is 0. The number of amides is 1. The zero-order valence-electron chi connectivity index (χ0n) is 14.5. The molecule has 0 saturated heterocycles. The van der Waals surface area contributed by atoms with E-state index in [1.165, 1.54) is 0 Å². The number of carbonyl (C=O) groups excluding carboxylic acids is 1. The van der Waals surface area contributed by atoms with Crippen LogP contribution in [0.25, 0.3) is 11.0 Å². The third kappa shape index (κ3) is 3.43. The topological polar surface area (TPSA) is 64.7 Å². The van der Waals surface area contributed by atoms with E-state index in [2.05, 4.69) is 19.9 Å². The molecule has 2 aromatic heterocycles. The molecule has 1 aliphatic rings. The number of benzene rings is 1. The van der Waals surface area contributed by atoms with Crippen molar-refractivity contribution in [1.29, 1.82) is 0 Å². The summed E-state index contributed by atoms with van der Waals surface area (Å²) in [5.74, 6) is 1.14. The number of para-hydroxylation sites is 2. The normalized spacial score (nSPS) is 15.4. The summed E-state index contributed by atoms with van der Waals surface area (Å²) in [6, 6.07) is 7.99. The Morgan fingerprint density at radius 1 is 1.24 bits per heavy atom. The van der Waals surface area contributed by atoms with E-state index in [-0.39, 0.29) is 11.3 Å². The van der Waals surface area contributed by atoms with Crippen molar-refractivity contribution in [3.63, 3.8) is 0 Å². The summed E-state index contributed by atoms with van der Waals surface area (Å²) < 4.78 is 4.22. The van der Waals surface area contributed by atoms with Crippen LogP contribution >= 0.6 is 0 Å². The number of carbonyl (C=O) groups is 1. The summed E-state index contributed by atoms with van der Waals surface area (Å²) in [4.78, 5) is 20.9. The molecule has 0 unspecified atom stereocenters. The van der Waals surface area contributed by atoms with Gasteiger partial charge in [-0.15, -0.1) is 0 Å². The molecule has 1 N–H and O–H groups in total. The maximum Gasteiger partial charge on any atom is 0.221 e. The van der Waals surface area contributed by atoms with Gasteiger partial charge in [0.25, 0.3) is 0 Å². The molecule has 1 aliphatic carbocycles. The number of nitrogens with one attached hydrogen (secondary N) is 1. The lowest BCUT2D eigenvalue weighted by molar-refractivity contribution is -0.121. The van der Waals surface area contributed by atoms with Gasteiger partial charge in [-0.3, -0.25) is 4.79 Å². The second-order valence-electron chi connectivity index (χ2n) is 7.06. The highest BCUT2D eigenvalue weighted by Gasteiger charge is 2.43. The van der Waals surface area contributed by atoms with Gasteiger partial charge in [-0.25, -0.2) is 9.97 Å². The van der Waals surface area contributed by atoms with E-state index in [0.717, 1.165) is 42.8 Å². The highest BCUT2D eigenvalue weighted by Crippen LogP contribution is 2.46. The van der Waals surface area contributed by atoms with E-state index in [1.807, 2.05) is 54.5 Å². The lowest BCUT2D eigenvalue weighted by Gasteiger charge is -2.17. The monoisotopic (exact) mass is 337 g/mol. The van der Waals surface area contributed by atoms with Gasteiger partial charge in [-0.05, 0) is 31.9 Å². The lowest BCUT2D eigenvalue weighted by Crippen LogP contribution is -2.32. The van der Waals surface area contributed by atoms with Crippen molar-refractivity contribution in [2.24, 2.45) is 5.41 Å². The molecule has 6 heteroatoms. The summed E-state index contributed by atoms with van der Waals surface area (Å²) in [6.45, 7) is 4.35. The molecule has 0 atom stereocenters. The van der Waals surface area contributed by atoms with E-state index in [4.69, 9.17) is 0 Å². The molecule has 3 aromatic rings. The van der Waals surface area contributed by atoms with Gasteiger partial charge in [-0.2, -0.15) is 0 Å². The molecule has 130 valence electrons. The highest BCUT2D eigenvalue weighted by atomic mass is 16.1. The van der Waals surface area contributed by atoms with Gasteiger partial charge < -0.3 is 14.5 Å². The Hall–Kier alpha value is -2.63. The molecular weight excluding hydrogens is 314 g/mol. The van der Waals surface area contributed by atoms with E-state index < -0.39 is 0 Å². The fourth-order valence-corrected chi connectivity index (χ4v) is 3.28. The summed E-state index contributed by atoms with van der Waals surface area (Å²) in [6.07, 6.45) is 8.46. The SMILES string of the molecule is Cc1nccn1CC1(CNC(=O)CCn2cnc3ccccc32)CC1. The molecule has 0 spiro atoms. The van der Waals surface area contributed by atoms with Gasteiger partial charge in [0, 0.05) is 43.9 Å². The van der Waals surface area contributed by atoms with Crippen molar-refractivity contribution in [2.75, 3.05) is 6.54 Å². The lowest BCUT2D eigenvalue weighted by atomic mass is 10.1. The molecule has 25 heavy (non-hydrogen) atoms. The van der Waals surface area contributed by atoms with Crippen LogP contribution in [0.2, 0.25) is 0 Å². The Labute approximate surface area is 146 Å². The first-order valence-corrected chi connectivity index (χ1v) is 8.80. The minimum atomic E-state index is 0.103. The second kappa shape index (κ2) is 6.35. The van der Waals surface area contributed by atoms with Crippen molar-refractivity contribution in [1.82, 2.24) is 24.4 Å². The number of aryl methyl sites for hydroxylation is 2. The number of imidazole rings is 2. The molecule has 0 radical (unpaired) electrons. The average molecular weight is 337 g/mol. The predicted molar refractivity (Wildman–Crippen MR) is 96.0 cm³/mol. The van der Waals surface area contributed by atoms with Crippen molar-refractivity contribution in [3.05, 3.63) is 48.8 Å². The summed E-state index contributed by atoms with van der Waals surface area (Å²) in [7, 11) is 0. The predicted octanol–water partition coefficient (Wildman–Crippen LogP) is 2.53. The average Bonchev–Trinajstić information content (AvgIpc) is 3.08.